The van der Waals surface area contributed by atoms with Crippen molar-refractivity contribution in [3.63, 3.8) is 0 Å². The second-order valence-electron chi connectivity index (χ2n) is 4.30. The van der Waals surface area contributed by atoms with E-state index in [4.69, 9.17) is 17.3 Å². The topological polar surface area (TPSA) is 85.1 Å². The lowest BCUT2D eigenvalue weighted by molar-refractivity contribution is 0.563. The van der Waals surface area contributed by atoms with Gasteiger partial charge >= 0.3 is 0 Å². The molecule has 1 unspecified atom stereocenters. The van der Waals surface area contributed by atoms with Gasteiger partial charge in [0.05, 0.1) is 5.69 Å². The summed E-state index contributed by atoms with van der Waals surface area (Å²) >= 11 is 5.89. The predicted molar refractivity (Wildman–Crippen MR) is 78.8 cm³/mol. The number of benzene rings is 1. The zero-order valence-corrected chi connectivity index (χ0v) is 12.3. The first-order valence-corrected chi connectivity index (χ1v) is 7.74. The molecule has 0 fully saturated rings. The lowest BCUT2D eigenvalue weighted by Gasteiger charge is -2.15. The van der Waals surface area contributed by atoms with Crippen LogP contribution in [0, 0.1) is 0 Å². The molecule has 7 heteroatoms. The van der Waals surface area contributed by atoms with Crippen molar-refractivity contribution in [1.29, 1.82) is 0 Å². The highest BCUT2D eigenvalue weighted by atomic mass is 35.5. The highest BCUT2D eigenvalue weighted by Gasteiger charge is 2.22. The Bertz CT molecular complexity index is 719. The smallest absolute Gasteiger partial charge is 0.260 e. The number of halogens is 1. The molecule has 1 aromatic carbocycles. The fourth-order valence-electron chi connectivity index (χ4n) is 1.76. The molecule has 0 bridgehead atoms. The van der Waals surface area contributed by atoms with Crippen molar-refractivity contribution in [2.75, 3.05) is 5.73 Å². The summed E-state index contributed by atoms with van der Waals surface area (Å²) in [6.45, 7) is 1.72. The number of nitrogens with one attached hydrogen (secondary N) is 1. The zero-order chi connectivity index (χ0) is 14.8. The fraction of sp³-hybridized carbons (Fsp3) is 0.154. The van der Waals surface area contributed by atoms with Gasteiger partial charge in [0.2, 0.25) is 0 Å². The van der Waals surface area contributed by atoms with Gasteiger partial charge in [-0.1, -0.05) is 23.7 Å². The van der Waals surface area contributed by atoms with Gasteiger partial charge in [0.1, 0.15) is 0 Å². The molecule has 0 aliphatic heterocycles. The first-order chi connectivity index (χ1) is 9.40. The Morgan fingerprint density at radius 2 is 2.05 bits per heavy atom. The van der Waals surface area contributed by atoms with Gasteiger partial charge in [-0.3, -0.25) is 0 Å². The van der Waals surface area contributed by atoms with Gasteiger partial charge in [-0.15, -0.1) is 0 Å². The van der Waals surface area contributed by atoms with Crippen LogP contribution in [0.25, 0.3) is 0 Å². The maximum Gasteiger partial charge on any atom is 0.260 e. The Labute approximate surface area is 122 Å². The third-order valence-corrected chi connectivity index (χ3v) is 4.48. The molecule has 5 nitrogen and oxygen atoms in total. The molecule has 0 radical (unpaired) electrons. The molecule has 2 rings (SSSR count). The Morgan fingerprint density at radius 3 is 2.70 bits per heavy atom. The summed E-state index contributed by atoms with van der Waals surface area (Å²) in [5, 5.41) is 0.375. The SMILES string of the molecule is CC(NS(=O)(=O)c1ncccc1N)c1cccc(Cl)c1. The summed E-state index contributed by atoms with van der Waals surface area (Å²) in [5.74, 6) is 0. The van der Waals surface area contributed by atoms with Gasteiger partial charge < -0.3 is 5.73 Å². The highest BCUT2D eigenvalue weighted by molar-refractivity contribution is 7.89. The monoisotopic (exact) mass is 311 g/mol. The fourth-order valence-corrected chi connectivity index (χ4v) is 3.25. The zero-order valence-electron chi connectivity index (χ0n) is 10.7. The van der Waals surface area contributed by atoms with Crippen LogP contribution in [0.3, 0.4) is 0 Å². The third kappa shape index (κ3) is 3.27. The molecule has 1 atom stereocenters. The number of hydrogen-bond donors (Lipinski definition) is 2. The van der Waals surface area contributed by atoms with E-state index in [1.54, 1.807) is 37.3 Å². The van der Waals surface area contributed by atoms with Gasteiger partial charge in [0.15, 0.2) is 5.03 Å². The van der Waals surface area contributed by atoms with E-state index in [1.807, 2.05) is 0 Å². The van der Waals surface area contributed by atoms with Crippen molar-refractivity contribution in [1.82, 2.24) is 9.71 Å². The van der Waals surface area contributed by atoms with Crippen molar-refractivity contribution in [2.45, 2.75) is 18.0 Å². The number of aromatic nitrogens is 1. The Hall–Kier alpha value is -1.63. The van der Waals surface area contributed by atoms with Crippen molar-refractivity contribution in [3.05, 3.63) is 53.2 Å². The van der Waals surface area contributed by atoms with Crippen LogP contribution in [0.1, 0.15) is 18.5 Å². The van der Waals surface area contributed by atoms with E-state index in [1.165, 1.54) is 12.3 Å². The molecule has 0 spiro atoms. The largest absolute Gasteiger partial charge is 0.396 e. The van der Waals surface area contributed by atoms with Gasteiger partial charge in [0.25, 0.3) is 10.0 Å². The van der Waals surface area contributed by atoms with Crippen molar-refractivity contribution >= 4 is 27.3 Å². The van der Waals surface area contributed by atoms with E-state index in [9.17, 15) is 8.42 Å². The number of sulfonamides is 1. The molecular weight excluding hydrogens is 298 g/mol. The van der Waals surface area contributed by atoms with Crippen LogP contribution in [0.4, 0.5) is 5.69 Å². The number of nitrogens with two attached hydrogens (primary N) is 1. The van der Waals surface area contributed by atoms with E-state index < -0.39 is 16.1 Å². The standard InChI is InChI=1S/C13H14ClN3O2S/c1-9(10-4-2-5-11(14)8-10)17-20(18,19)13-12(15)6-3-7-16-13/h2-9,17H,15H2,1H3. The number of rotatable bonds is 4. The minimum Gasteiger partial charge on any atom is -0.396 e. The quantitative estimate of drug-likeness (QED) is 0.907. The summed E-state index contributed by atoms with van der Waals surface area (Å²) < 4.78 is 27.0. The minimum absolute atomic E-state index is 0.110. The number of pyridine rings is 1. The van der Waals surface area contributed by atoms with Gasteiger partial charge in [-0.25, -0.2) is 18.1 Å². The van der Waals surface area contributed by atoms with E-state index in [2.05, 4.69) is 9.71 Å². The molecule has 20 heavy (non-hydrogen) atoms. The third-order valence-electron chi connectivity index (χ3n) is 2.74. The van der Waals surface area contributed by atoms with Gasteiger partial charge in [0, 0.05) is 17.3 Å². The van der Waals surface area contributed by atoms with Crippen LogP contribution in [-0.2, 0) is 10.0 Å². The van der Waals surface area contributed by atoms with Crippen molar-refractivity contribution < 1.29 is 8.42 Å². The first kappa shape index (κ1) is 14.8. The normalized spacial score (nSPS) is 13.1. The first-order valence-electron chi connectivity index (χ1n) is 5.88. The van der Waals surface area contributed by atoms with Crippen LogP contribution in [0.15, 0.2) is 47.6 Å². The van der Waals surface area contributed by atoms with E-state index >= 15 is 0 Å². The average Bonchev–Trinajstić information content (AvgIpc) is 2.38. The summed E-state index contributed by atoms with van der Waals surface area (Å²) in [5.41, 5.74) is 6.51. The molecule has 1 aromatic heterocycles. The molecule has 0 aliphatic carbocycles. The molecule has 0 amide bonds. The number of hydrogen-bond acceptors (Lipinski definition) is 4. The van der Waals surface area contributed by atoms with Gasteiger partial charge in [-0.2, -0.15) is 0 Å². The van der Waals surface area contributed by atoms with Crippen LogP contribution in [0.2, 0.25) is 5.02 Å². The van der Waals surface area contributed by atoms with E-state index in [0.717, 1.165) is 5.56 Å². The summed E-state index contributed by atoms with van der Waals surface area (Å²) in [6, 6.07) is 9.61. The summed E-state index contributed by atoms with van der Waals surface area (Å²) in [6.07, 6.45) is 1.38. The number of nitrogen functional groups attached to an aromatic ring is 1. The highest BCUT2D eigenvalue weighted by Crippen LogP contribution is 2.21. The lowest BCUT2D eigenvalue weighted by atomic mass is 10.1. The Balaban J connectivity index is 2.27. The maximum absolute atomic E-state index is 12.2. The predicted octanol–water partition coefficient (Wildman–Crippen LogP) is 2.36. The maximum atomic E-state index is 12.2. The van der Waals surface area contributed by atoms with Gasteiger partial charge in [-0.05, 0) is 36.8 Å². The van der Waals surface area contributed by atoms with E-state index in [-0.39, 0.29) is 10.7 Å². The molecule has 2 aromatic rings. The van der Waals surface area contributed by atoms with Crippen LogP contribution < -0.4 is 10.5 Å². The molecule has 0 aliphatic rings. The second kappa shape index (κ2) is 5.78. The Morgan fingerprint density at radius 1 is 1.30 bits per heavy atom. The van der Waals surface area contributed by atoms with E-state index in [0.29, 0.717) is 5.02 Å². The van der Waals surface area contributed by atoms with Crippen LogP contribution in [-0.4, -0.2) is 13.4 Å². The summed E-state index contributed by atoms with van der Waals surface area (Å²) in [4.78, 5) is 3.81. The van der Waals surface area contributed by atoms with Crippen LogP contribution >= 0.6 is 11.6 Å². The van der Waals surface area contributed by atoms with Crippen molar-refractivity contribution in [3.8, 4) is 0 Å². The average molecular weight is 312 g/mol. The van der Waals surface area contributed by atoms with Crippen LogP contribution in [0.5, 0.6) is 0 Å². The molecule has 1 heterocycles. The second-order valence-corrected chi connectivity index (χ2v) is 6.36. The molecule has 0 saturated carbocycles. The minimum atomic E-state index is -3.78. The summed E-state index contributed by atoms with van der Waals surface area (Å²) in [7, 11) is -3.78. The molecule has 0 saturated heterocycles. The lowest BCUT2D eigenvalue weighted by Crippen LogP contribution is -2.28. The Kier molecular flexibility index (Phi) is 4.27. The van der Waals surface area contributed by atoms with Crippen molar-refractivity contribution in [2.24, 2.45) is 0 Å². The molecule has 3 N–H and O–H groups in total. The molecule has 106 valence electrons. The molecular formula is C13H14ClN3O2S. The number of nitrogens with zero attached hydrogens (tertiary/aromatic N) is 1. The number of anilines is 1.